The molecule has 0 saturated carbocycles. The van der Waals surface area contributed by atoms with E-state index in [1.165, 1.54) is 15.5 Å². The molecule has 0 aliphatic rings. The Bertz CT molecular complexity index is 3160. The zero-order valence-electron chi connectivity index (χ0n) is 27.7. The summed E-state index contributed by atoms with van der Waals surface area (Å²) in [7, 11) is 0. The summed E-state index contributed by atoms with van der Waals surface area (Å²) in [5.41, 5.74) is 10.8. The maximum absolute atomic E-state index is 6.58. The Morgan fingerprint density at radius 2 is 1.06 bits per heavy atom. The van der Waals surface area contributed by atoms with E-state index in [-0.39, 0.29) is 0 Å². The van der Waals surface area contributed by atoms with Crippen molar-refractivity contribution in [2.75, 3.05) is 0 Å². The van der Waals surface area contributed by atoms with Crippen molar-refractivity contribution in [1.82, 2.24) is 15.0 Å². The molecule has 0 saturated heterocycles. The van der Waals surface area contributed by atoms with Gasteiger partial charge in [-0.1, -0.05) is 146 Å². The largest absolute Gasteiger partial charge is 0.454 e. The maximum atomic E-state index is 6.58. The second-order valence-electron chi connectivity index (χ2n) is 13.1. The molecule has 52 heavy (non-hydrogen) atoms. The lowest BCUT2D eigenvalue weighted by Gasteiger charge is -2.10. The number of aromatic nitrogens is 3. The molecule has 0 N–H and O–H groups in total. The van der Waals surface area contributed by atoms with Crippen molar-refractivity contribution in [3.05, 3.63) is 164 Å². The summed E-state index contributed by atoms with van der Waals surface area (Å²) in [4.78, 5) is 15.4. The van der Waals surface area contributed by atoms with Crippen LogP contribution in [0.2, 0.25) is 0 Å². The topological polar surface area (TPSA) is 51.8 Å². The zero-order valence-corrected chi connectivity index (χ0v) is 28.6. The van der Waals surface area contributed by atoms with Crippen molar-refractivity contribution in [1.29, 1.82) is 0 Å². The van der Waals surface area contributed by atoms with Gasteiger partial charge in [-0.25, -0.2) is 15.0 Å². The number of hydrogen-bond acceptors (Lipinski definition) is 5. The number of para-hydroxylation sites is 1. The Labute approximate surface area is 302 Å². The number of nitrogens with zero attached hydrogens (tertiary/aromatic N) is 3. The highest BCUT2D eigenvalue weighted by atomic mass is 32.1. The molecule has 0 aliphatic heterocycles. The van der Waals surface area contributed by atoms with Gasteiger partial charge in [0, 0.05) is 42.9 Å². The van der Waals surface area contributed by atoms with Gasteiger partial charge in [0.15, 0.2) is 11.4 Å². The van der Waals surface area contributed by atoms with Crippen molar-refractivity contribution in [2.45, 2.75) is 0 Å². The van der Waals surface area contributed by atoms with Crippen molar-refractivity contribution in [3.8, 4) is 45.0 Å². The van der Waals surface area contributed by atoms with Crippen LogP contribution in [0.15, 0.2) is 168 Å². The fourth-order valence-corrected chi connectivity index (χ4v) is 8.74. The third kappa shape index (κ3) is 4.50. The fraction of sp³-hybridized carbons (Fsp3) is 0. The third-order valence-corrected chi connectivity index (χ3v) is 11.3. The number of fused-ring (bicyclic) bond motifs is 10. The van der Waals surface area contributed by atoms with Crippen LogP contribution < -0.4 is 0 Å². The van der Waals surface area contributed by atoms with E-state index < -0.39 is 0 Å². The number of furan rings is 1. The van der Waals surface area contributed by atoms with E-state index >= 15 is 0 Å². The van der Waals surface area contributed by atoms with Gasteiger partial charge in [0.2, 0.25) is 0 Å². The Balaban J connectivity index is 1.01. The highest BCUT2D eigenvalue weighted by Crippen LogP contribution is 2.43. The van der Waals surface area contributed by atoms with Gasteiger partial charge in [-0.3, -0.25) is 0 Å². The lowest BCUT2D eigenvalue weighted by atomic mass is 9.97. The molecule has 0 bridgehead atoms. The van der Waals surface area contributed by atoms with E-state index in [0.717, 1.165) is 93.5 Å². The van der Waals surface area contributed by atoms with E-state index in [4.69, 9.17) is 19.4 Å². The van der Waals surface area contributed by atoms with E-state index in [2.05, 4.69) is 133 Å². The van der Waals surface area contributed by atoms with Crippen LogP contribution in [0, 0.1) is 0 Å². The average Bonchev–Trinajstić information content (AvgIpc) is 3.80. The Hall–Kier alpha value is -6.69. The SMILES string of the molecule is c1ccc(-c2nc(-c3ccc(-c4ccc(-c5nc6ccc7ccccc7c6c6c5oc5ccccc56)cc4)cc3)c3sc4ccccc4c3n2)cc1. The van der Waals surface area contributed by atoms with Crippen LogP contribution in [0.1, 0.15) is 0 Å². The van der Waals surface area contributed by atoms with Gasteiger partial charge >= 0.3 is 0 Å². The predicted molar refractivity (Wildman–Crippen MR) is 217 cm³/mol. The molecule has 5 heteroatoms. The first kappa shape index (κ1) is 29.1. The summed E-state index contributed by atoms with van der Waals surface area (Å²) in [5, 5.41) is 6.88. The normalized spacial score (nSPS) is 11.8. The summed E-state index contributed by atoms with van der Waals surface area (Å²) in [6.45, 7) is 0. The first-order valence-electron chi connectivity index (χ1n) is 17.4. The van der Waals surface area contributed by atoms with Crippen LogP contribution in [-0.2, 0) is 0 Å². The molecule has 0 spiro atoms. The first-order valence-corrected chi connectivity index (χ1v) is 18.2. The third-order valence-electron chi connectivity index (χ3n) is 10.1. The first-order chi connectivity index (χ1) is 25.8. The number of benzene rings is 7. The standard InChI is InChI=1S/C47H27N3OS/c1-2-11-33(12-3-1)47-49-43(46-44(50-47)36-15-7-9-17-39(36)52-46)32-24-20-29(21-25-32)28-18-22-31(23-19-28)42-45-41(35-14-6-8-16-38(35)51-45)40-34-13-5-4-10-30(34)26-27-37(40)48-42/h1-27H. The van der Waals surface area contributed by atoms with Crippen LogP contribution in [0.25, 0.3) is 109 Å². The lowest BCUT2D eigenvalue weighted by molar-refractivity contribution is 0.669. The fourth-order valence-electron chi connectivity index (χ4n) is 7.59. The highest BCUT2D eigenvalue weighted by molar-refractivity contribution is 7.26. The van der Waals surface area contributed by atoms with Gasteiger partial charge in [0.1, 0.15) is 11.3 Å². The molecule has 0 unspecified atom stereocenters. The molecule has 0 aliphatic carbocycles. The van der Waals surface area contributed by atoms with Crippen molar-refractivity contribution in [3.63, 3.8) is 0 Å². The summed E-state index contributed by atoms with van der Waals surface area (Å²) >= 11 is 1.75. The van der Waals surface area contributed by atoms with Gasteiger partial charge in [-0.15, -0.1) is 11.3 Å². The second-order valence-corrected chi connectivity index (χ2v) is 14.2. The Morgan fingerprint density at radius 3 is 1.85 bits per heavy atom. The smallest absolute Gasteiger partial charge is 0.162 e. The molecule has 4 heterocycles. The summed E-state index contributed by atoms with van der Waals surface area (Å²) < 4.78 is 8.89. The predicted octanol–water partition coefficient (Wildman–Crippen LogP) is 13.1. The molecule has 242 valence electrons. The number of hydrogen-bond donors (Lipinski definition) is 0. The van der Waals surface area contributed by atoms with Gasteiger partial charge in [-0.05, 0) is 40.1 Å². The zero-order chi connectivity index (χ0) is 34.2. The number of thiophene rings is 1. The minimum atomic E-state index is 0.736. The van der Waals surface area contributed by atoms with Crippen LogP contribution in [-0.4, -0.2) is 15.0 Å². The van der Waals surface area contributed by atoms with Gasteiger partial charge < -0.3 is 4.42 Å². The summed E-state index contributed by atoms with van der Waals surface area (Å²) in [6, 6.07) is 57.2. The van der Waals surface area contributed by atoms with Crippen LogP contribution in [0.5, 0.6) is 0 Å². The highest BCUT2D eigenvalue weighted by Gasteiger charge is 2.20. The maximum Gasteiger partial charge on any atom is 0.162 e. The summed E-state index contributed by atoms with van der Waals surface area (Å²) in [6.07, 6.45) is 0. The van der Waals surface area contributed by atoms with E-state index in [1.54, 1.807) is 11.3 Å². The van der Waals surface area contributed by atoms with Crippen molar-refractivity contribution in [2.24, 2.45) is 0 Å². The Morgan fingerprint density at radius 1 is 0.423 bits per heavy atom. The monoisotopic (exact) mass is 681 g/mol. The molecule has 11 rings (SSSR count). The molecule has 0 amide bonds. The Kier molecular flexibility index (Phi) is 6.39. The second kappa shape index (κ2) is 11.4. The minimum Gasteiger partial charge on any atom is -0.454 e. The average molecular weight is 682 g/mol. The molecule has 7 aromatic carbocycles. The minimum absolute atomic E-state index is 0.736. The van der Waals surface area contributed by atoms with E-state index in [9.17, 15) is 0 Å². The molecule has 0 atom stereocenters. The van der Waals surface area contributed by atoms with Crippen LogP contribution in [0.4, 0.5) is 0 Å². The van der Waals surface area contributed by atoms with Crippen molar-refractivity contribution < 1.29 is 4.42 Å². The quantitative estimate of drug-likeness (QED) is 0.174. The molecule has 4 nitrogen and oxygen atoms in total. The number of pyridine rings is 1. The van der Waals surface area contributed by atoms with Crippen LogP contribution >= 0.6 is 11.3 Å². The lowest BCUT2D eigenvalue weighted by Crippen LogP contribution is -1.93. The molecule has 0 fully saturated rings. The van der Waals surface area contributed by atoms with Crippen molar-refractivity contribution >= 4 is 75.3 Å². The molecular weight excluding hydrogens is 655 g/mol. The molecule has 11 aromatic rings. The number of rotatable bonds is 4. The van der Waals surface area contributed by atoms with Gasteiger partial charge in [0.05, 0.1) is 21.4 Å². The van der Waals surface area contributed by atoms with E-state index in [0.29, 0.717) is 0 Å². The summed E-state index contributed by atoms with van der Waals surface area (Å²) in [5.74, 6) is 0.736. The van der Waals surface area contributed by atoms with E-state index in [1.807, 2.05) is 30.3 Å². The van der Waals surface area contributed by atoms with Gasteiger partial charge in [0.25, 0.3) is 0 Å². The molecule has 4 aromatic heterocycles. The van der Waals surface area contributed by atoms with Gasteiger partial charge in [-0.2, -0.15) is 0 Å². The van der Waals surface area contributed by atoms with Crippen LogP contribution in [0.3, 0.4) is 0 Å². The molecule has 0 radical (unpaired) electrons. The molecular formula is C47H27N3OS.